The van der Waals surface area contributed by atoms with Gasteiger partial charge in [0.05, 0.1) is 0 Å². The lowest BCUT2D eigenvalue weighted by Crippen LogP contribution is -2.26. The van der Waals surface area contributed by atoms with Crippen LogP contribution in [-0.4, -0.2) is 23.3 Å². The number of rotatable bonds is 6. The highest BCUT2D eigenvalue weighted by Crippen LogP contribution is 2.25. The second kappa shape index (κ2) is 7.54. The summed E-state index contributed by atoms with van der Waals surface area (Å²) in [5.41, 5.74) is 1.03. The monoisotopic (exact) mass is 323 g/mol. The van der Waals surface area contributed by atoms with Crippen molar-refractivity contribution in [2.45, 2.75) is 19.9 Å². The Kier molecular flexibility index (Phi) is 6.74. The maximum absolute atomic E-state index is 6.15. The number of benzene rings is 1. The molecule has 16 heavy (non-hydrogen) atoms. The quantitative estimate of drug-likeness (QED) is 0.691. The molecule has 0 bridgehead atoms. The zero-order valence-corrected chi connectivity index (χ0v) is 12.4. The maximum atomic E-state index is 6.15. The lowest BCUT2D eigenvalue weighted by atomic mass is 10.2. The molecule has 0 amide bonds. The third-order valence-corrected chi connectivity index (χ3v) is 3.45. The van der Waals surface area contributed by atoms with Gasteiger partial charge in [-0.25, -0.2) is 0 Å². The van der Waals surface area contributed by atoms with E-state index in [0.29, 0.717) is 0 Å². The van der Waals surface area contributed by atoms with Crippen LogP contribution in [0.2, 0.25) is 10.0 Å². The van der Waals surface area contributed by atoms with Crippen LogP contribution < -0.4 is 0 Å². The zero-order chi connectivity index (χ0) is 12.0. The van der Waals surface area contributed by atoms with Crippen molar-refractivity contribution in [2.24, 2.45) is 0 Å². The average molecular weight is 325 g/mol. The minimum absolute atomic E-state index is 0.753. The van der Waals surface area contributed by atoms with Crippen molar-refractivity contribution in [3.63, 3.8) is 0 Å². The Bertz CT molecular complexity index is 305. The number of hydrogen-bond donors (Lipinski definition) is 0. The van der Waals surface area contributed by atoms with Crippen molar-refractivity contribution in [1.29, 1.82) is 0 Å². The van der Waals surface area contributed by atoms with E-state index >= 15 is 0 Å². The molecule has 4 heteroatoms. The van der Waals surface area contributed by atoms with E-state index in [4.69, 9.17) is 23.2 Å². The van der Waals surface area contributed by atoms with E-state index in [1.54, 1.807) is 0 Å². The van der Waals surface area contributed by atoms with Gasteiger partial charge in [0.1, 0.15) is 0 Å². The second-order valence-electron chi connectivity index (χ2n) is 3.67. The summed E-state index contributed by atoms with van der Waals surface area (Å²) in [6.45, 7) is 5.07. The predicted octanol–water partition coefficient (Wildman–Crippen LogP) is 4.60. The molecule has 0 aliphatic carbocycles. The second-order valence-corrected chi connectivity index (χ2v) is 5.27. The van der Waals surface area contributed by atoms with E-state index < -0.39 is 0 Å². The Hall–Kier alpha value is 0.240. The van der Waals surface area contributed by atoms with Crippen LogP contribution in [0.3, 0.4) is 0 Å². The third kappa shape index (κ3) is 4.25. The molecule has 0 radical (unpaired) electrons. The smallest absolute Gasteiger partial charge is 0.0465 e. The Morgan fingerprint density at radius 3 is 2.31 bits per heavy atom. The van der Waals surface area contributed by atoms with Crippen LogP contribution in [-0.2, 0) is 6.54 Å². The van der Waals surface area contributed by atoms with Crippen LogP contribution in [0.5, 0.6) is 0 Å². The lowest BCUT2D eigenvalue weighted by molar-refractivity contribution is 0.284. The van der Waals surface area contributed by atoms with E-state index in [9.17, 15) is 0 Å². The fourth-order valence-electron chi connectivity index (χ4n) is 1.61. The number of halogens is 3. The summed E-state index contributed by atoms with van der Waals surface area (Å²) in [5.74, 6) is 0. The highest BCUT2D eigenvalue weighted by molar-refractivity contribution is 9.09. The van der Waals surface area contributed by atoms with Gasteiger partial charge >= 0.3 is 0 Å². The van der Waals surface area contributed by atoms with Crippen molar-refractivity contribution in [2.75, 3.05) is 18.4 Å². The van der Waals surface area contributed by atoms with Gasteiger partial charge in [-0.1, -0.05) is 52.1 Å². The van der Waals surface area contributed by atoms with Crippen molar-refractivity contribution in [3.05, 3.63) is 33.8 Å². The van der Waals surface area contributed by atoms with E-state index in [0.717, 1.165) is 47.0 Å². The molecule has 0 spiro atoms. The first-order valence-corrected chi connectivity index (χ1v) is 7.28. The Morgan fingerprint density at radius 1 is 1.19 bits per heavy atom. The highest BCUT2D eigenvalue weighted by Gasteiger charge is 2.10. The SMILES string of the molecule is CCCN(CCBr)Cc1c(Cl)cccc1Cl. The topological polar surface area (TPSA) is 3.24 Å². The van der Waals surface area contributed by atoms with Crippen LogP contribution in [0.1, 0.15) is 18.9 Å². The Labute approximate surface area is 116 Å². The molecule has 1 aromatic carbocycles. The van der Waals surface area contributed by atoms with E-state index in [1.807, 2.05) is 18.2 Å². The fraction of sp³-hybridized carbons (Fsp3) is 0.500. The van der Waals surface area contributed by atoms with Gasteiger partial charge in [0.25, 0.3) is 0 Å². The van der Waals surface area contributed by atoms with Crippen LogP contribution in [0, 0.1) is 0 Å². The van der Waals surface area contributed by atoms with Gasteiger partial charge < -0.3 is 0 Å². The van der Waals surface area contributed by atoms with Crippen molar-refractivity contribution in [1.82, 2.24) is 4.90 Å². The molecule has 1 nitrogen and oxygen atoms in total. The van der Waals surface area contributed by atoms with E-state index in [2.05, 4.69) is 27.8 Å². The van der Waals surface area contributed by atoms with Crippen LogP contribution in [0.4, 0.5) is 0 Å². The fourth-order valence-corrected chi connectivity index (χ4v) is 2.63. The summed E-state index contributed by atoms with van der Waals surface area (Å²) >= 11 is 15.8. The molecule has 1 aromatic rings. The van der Waals surface area contributed by atoms with Gasteiger partial charge in [-0.2, -0.15) is 0 Å². The summed E-state index contributed by atoms with van der Waals surface area (Å²) in [6, 6.07) is 5.66. The van der Waals surface area contributed by atoms with Crippen molar-refractivity contribution in [3.8, 4) is 0 Å². The third-order valence-electron chi connectivity index (χ3n) is 2.38. The molecular formula is C12H16BrCl2N. The zero-order valence-electron chi connectivity index (χ0n) is 9.35. The van der Waals surface area contributed by atoms with E-state index in [1.165, 1.54) is 0 Å². The summed E-state index contributed by atoms with van der Waals surface area (Å²) in [7, 11) is 0. The number of nitrogens with zero attached hydrogens (tertiary/aromatic N) is 1. The highest BCUT2D eigenvalue weighted by atomic mass is 79.9. The Balaban J connectivity index is 2.76. The summed E-state index contributed by atoms with van der Waals surface area (Å²) in [6.07, 6.45) is 1.13. The maximum Gasteiger partial charge on any atom is 0.0465 e. The molecule has 0 N–H and O–H groups in total. The molecule has 0 aliphatic rings. The largest absolute Gasteiger partial charge is 0.298 e. The molecule has 0 saturated carbocycles. The van der Waals surface area contributed by atoms with Gasteiger partial charge in [-0.05, 0) is 25.1 Å². The normalized spacial score (nSPS) is 11.1. The minimum atomic E-state index is 0.753. The average Bonchev–Trinajstić information content (AvgIpc) is 2.24. The van der Waals surface area contributed by atoms with Gasteiger partial charge in [0, 0.05) is 34.0 Å². The van der Waals surface area contributed by atoms with Crippen molar-refractivity contribution < 1.29 is 0 Å². The lowest BCUT2D eigenvalue weighted by Gasteiger charge is -2.21. The molecule has 0 saturated heterocycles. The molecule has 90 valence electrons. The van der Waals surface area contributed by atoms with Crippen LogP contribution in [0.25, 0.3) is 0 Å². The first-order chi connectivity index (χ1) is 7.69. The molecule has 1 rings (SSSR count). The Morgan fingerprint density at radius 2 is 1.81 bits per heavy atom. The van der Waals surface area contributed by atoms with Gasteiger partial charge in [0.2, 0.25) is 0 Å². The first-order valence-electron chi connectivity index (χ1n) is 5.40. The van der Waals surface area contributed by atoms with Gasteiger partial charge in [-0.15, -0.1) is 0 Å². The molecule has 0 unspecified atom stereocenters. The molecule has 0 heterocycles. The summed E-state index contributed by atoms with van der Waals surface area (Å²) in [5, 5.41) is 2.47. The number of alkyl halides is 1. The van der Waals surface area contributed by atoms with E-state index in [-0.39, 0.29) is 0 Å². The summed E-state index contributed by atoms with van der Waals surface area (Å²) < 4.78 is 0. The predicted molar refractivity (Wildman–Crippen MR) is 75.8 cm³/mol. The molecule has 0 fully saturated rings. The van der Waals surface area contributed by atoms with Crippen molar-refractivity contribution >= 4 is 39.1 Å². The minimum Gasteiger partial charge on any atom is -0.298 e. The molecule has 0 atom stereocenters. The standard InChI is InChI=1S/C12H16BrCl2N/c1-2-7-16(8-6-13)9-10-11(14)4-3-5-12(10)15/h3-5H,2,6-9H2,1H3. The summed E-state index contributed by atoms with van der Waals surface area (Å²) in [4.78, 5) is 2.35. The van der Waals surface area contributed by atoms with Crippen LogP contribution in [0.15, 0.2) is 18.2 Å². The number of hydrogen-bond acceptors (Lipinski definition) is 1. The van der Waals surface area contributed by atoms with Crippen LogP contribution >= 0.6 is 39.1 Å². The first kappa shape index (κ1) is 14.3. The molecular weight excluding hydrogens is 309 g/mol. The molecule has 0 aromatic heterocycles. The molecule has 0 aliphatic heterocycles. The van der Waals surface area contributed by atoms with Gasteiger partial charge in [0.15, 0.2) is 0 Å². The van der Waals surface area contributed by atoms with Gasteiger partial charge in [-0.3, -0.25) is 4.90 Å².